The third-order valence-corrected chi connectivity index (χ3v) is 6.18. The summed E-state index contributed by atoms with van der Waals surface area (Å²) in [5.74, 6) is 0.261. The van der Waals surface area contributed by atoms with E-state index in [2.05, 4.69) is 4.98 Å². The van der Waals surface area contributed by atoms with Crippen LogP contribution in [-0.2, 0) is 12.8 Å². The first-order chi connectivity index (χ1) is 13.0. The first kappa shape index (κ1) is 18.1. The zero-order valence-corrected chi connectivity index (χ0v) is 16.8. The fourth-order valence-electron chi connectivity index (χ4n) is 3.50. The maximum atomic E-state index is 13.1. The fourth-order valence-corrected chi connectivity index (χ4v) is 5.11. The molecule has 3 aromatic rings. The maximum absolute atomic E-state index is 13.1. The minimum atomic E-state index is -0.421. The summed E-state index contributed by atoms with van der Waals surface area (Å²) < 4.78 is 6.82. The van der Waals surface area contributed by atoms with Gasteiger partial charge < -0.3 is 9.72 Å². The van der Waals surface area contributed by atoms with E-state index >= 15 is 0 Å². The Morgan fingerprint density at radius 2 is 1.93 bits per heavy atom. The highest BCUT2D eigenvalue weighted by Gasteiger charge is 2.22. The summed E-state index contributed by atoms with van der Waals surface area (Å²) in [5, 5.41) is 0.622. The zero-order valence-electron chi connectivity index (χ0n) is 15.2. The molecule has 1 N–H and O–H groups in total. The lowest BCUT2D eigenvalue weighted by Crippen LogP contribution is -2.29. The highest BCUT2D eigenvalue weighted by Crippen LogP contribution is 2.33. The Kier molecular flexibility index (Phi) is 4.74. The van der Waals surface area contributed by atoms with Gasteiger partial charge in [-0.1, -0.05) is 0 Å². The van der Waals surface area contributed by atoms with Crippen LogP contribution in [0.5, 0.6) is 5.75 Å². The third kappa shape index (κ3) is 3.26. The molecule has 0 atom stereocenters. The highest BCUT2D eigenvalue weighted by atomic mass is 32.1. The number of carbonyl (C=O) groups is 1. The van der Waals surface area contributed by atoms with Gasteiger partial charge in [0.1, 0.15) is 10.6 Å². The maximum Gasteiger partial charge on any atom is 0.270 e. The monoisotopic (exact) mass is 400 g/mol. The van der Waals surface area contributed by atoms with E-state index in [1.54, 1.807) is 35.6 Å². The van der Waals surface area contributed by atoms with Crippen LogP contribution in [0.2, 0.25) is 0 Å². The van der Waals surface area contributed by atoms with Gasteiger partial charge in [0.25, 0.3) is 11.5 Å². The molecule has 0 spiro atoms. The largest absolute Gasteiger partial charge is 0.491 e. The Morgan fingerprint density at radius 3 is 2.63 bits per heavy atom. The molecule has 0 saturated heterocycles. The van der Waals surface area contributed by atoms with E-state index < -0.39 is 5.91 Å². The Balaban J connectivity index is 1.80. The standard InChI is InChI=1S/C20H20N2O3S2/c1-11(2)25-13-9-7-12(8-10-13)18(23)22-19(24)16-14-5-3-4-6-15(14)27-17(16)21-20(22)26/h7-11H,3-6H2,1-2H3,(H,21,26). The molecule has 1 aliphatic carbocycles. The number of hydrogen-bond acceptors (Lipinski definition) is 5. The van der Waals surface area contributed by atoms with Crippen LogP contribution in [0.3, 0.4) is 0 Å². The zero-order chi connectivity index (χ0) is 19.1. The first-order valence-electron chi connectivity index (χ1n) is 9.06. The summed E-state index contributed by atoms with van der Waals surface area (Å²) in [6, 6.07) is 6.79. The number of rotatable bonds is 3. The number of aromatic amines is 1. The van der Waals surface area contributed by atoms with Crippen molar-refractivity contribution < 1.29 is 9.53 Å². The van der Waals surface area contributed by atoms with Gasteiger partial charge in [-0.25, -0.2) is 4.57 Å². The molecule has 0 aliphatic heterocycles. The van der Waals surface area contributed by atoms with Crippen molar-refractivity contribution in [3.8, 4) is 5.75 Å². The van der Waals surface area contributed by atoms with Crippen molar-refractivity contribution >= 4 is 39.7 Å². The van der Waals surface area contributed by atoms with Gasteiger partial charge in [0, 0.05) is 10.4 Å². The average Bonchev–Trinajstić information content (AvgIpc) is 2.99. The lowest BCUT2D eigenvalue weighted by atomic mass is 9.97. The summed E-state index contributed by atoms with van der Waals surface area (Å²) >= 11 is 6.92. The van der Waals surface area contributed by atoms with Gasteiger partial charge in [-0.15, -0.1) is 11.3 Å². The third-order valence-electron chi connectivity index (χ3n) is 4.69. The Bertz CT molecular complexity index is 1140. The van der Waals surface area contributed by atoms with Gasteiger partial charge in [0.15, 0.2) is 4.77 Å². The number of benzene rings is 1. The van der Waals surface area contributed by atoms with Gasteiger partial charge in [-0.2, -0.15) is 0 Å². The Labute approximate surface area is 165 Å². The number of fused-ring (bicyclic) bond motifs is 3. The predicted molar refractivity (Wildman–Crippen MR) is 110 cm³/mol. The van der Waals surface area contributed by atoms with E-state index in [9.17, 15) is 9.59 Å². The molecular formula is C20H20N2O3S2. The molecule has 2 heterocycles. The van der Waals surface area contributed by atoms with Crippen molar-refractivity contribution in [3.63, 3.8) is 0 Å². The van der Waals surface area contributed by atoms with Crippen molar-refractivity contribution in [2.24, 2.45) is 0 Å². The summed E-state index contributed by atoms with van der Waals surface area (Å²) in [7, 11) is 0. The molecule has 1 aromatic carbocycles. The second-order valence-corrected chi connectivity index (χ2v) is 8.47. The topological polar surface area (TPSA) is 64.1 Å². The molecule has 2 aromatic heterocycles. The molecule has 0 radical (unpaired) electrons. The quantitative estimate of drug-likeness (QED) is 0.659. The molecule has 27 heavy (non-hydrogen) atoms. The summed E-state index contributed by atoms with van der Waals surface area (Å²) in [5.41, 5.74) is 1.16. The molecule has 4 rings (SSSR count). The van der Waals surface area contributed by atoms with E-state index in [1.165, 1.54) is 4.88 Å². The molecular weight excluding hydrogens is 380 g/mol. The summed E-state index contributed by atoms with van der Waals surface area (Å²) in [6.07, 6.45) is 4.12. The highest BCUT2D eigenvalue weighted by molar-refractivity contribution is 7.71. The van der Waals surface area contributed by atoms with Crippen LogP contribution >= 0.6 is 23.6 Å². The average molecular weight is 401 g/mol. The van der Waals surface area contributed by atoms with Crippen molar-refractivity contribution in [1.82, 2.24) is 9.55 Å². The normalized spacial score (nSPS) is 13.7. The van der Waals surface area contributed by atoms with Gasteiger partial charge in [-0.3, -0.25) is 9.59 Å². The second-order valence-electron chi connectivity index (χ2n) is 6.98. The van der Waals surface area contributed by atoms with E-state index in [0.29, 0.717) is 16.7 Å². The number of ether oxygens (including phenoxy) is 1. The van der Waals surface area contributed by atoms with Gasteiger partial charge in [0.2, 0.25) is 0 Å². The molecule has 0 amide bonds. The smallest absolute Gasteiger partial charge is 0.270 e. The number of aromatic nitrogens is 2. The van der Waals surface area contributed by atoms with E-state index in [-0.39, 0.29) is 16.4 Å². The molecule has 0 unspecified atom stereocenters. The second kappa shape index (κ2) is 7.05. The van der Waals surface area contributed by atoms with Crippen LogP contribution in [0, 0.1) is 4.77 Å². The number of nitrogens with zero attached hydrogens (tertiary/aromatic N) is 1. The lowest BCUT2D eigenvalue weighted by molar-refractivity contribution is 0.0953. The van der Waals surface area contributed by atoms with Crippen LogP contribution in [-0.4, -0.2) is 21.6 Å². The van der Waals surface area contributed by atoms with Crippen molar-refractivity contribution in [3.05, 3.63) is 55.4 Å². The molecule has 0 bridgehead atoms. The molecule has 0 fully saturated rings. The Hall–Kier alpha value is -2.25. The molecule has 5 nitrogen and oxygen atoms in total. The minimum Gasteiger partial charge on any atom is -0.491 e. The predicted octanol–water partition coefficient (Wildman–Crippen LogP) is 4.48. The summed E-state index contributed by atoms with van der Waals surface area (Å²) in [6.45, 7) is 3.88. The minimum absolute atomic E-state index is 0.0511. The van der Waals surface area contributed by atoms with Crippen molar-refractivity contribution in [2.75, 3.05) is 0 Å². The van der Waals surface area contributed by atoms with Gasteiger partial charge in [0.05, 0.1) is 11.5 Å². The molecule has 1 aliphatic rings. The van der Waals surface area contributed by atoms with E-state index in [0.717, 1.165) is 40.6 Å². The number of hydrogen-bond donors (Lipinski definition) is 1. The SMILES string of the molecule is CC(C)Oc1ccc(C(=O)n2c(=S)[nH]c3sc4c(c3c2=O)CCCC4)cc1. The molecule has 0 saturated carbocycles. The van der Waals surface area contributed by atoms with Crippen LogP contribution in [0.1, 0.15) is 47.5 Å². The number of aryl methyl sites for hydroxylation is 2. The first-order valence-corrected chi connectivity index (χ1v) is 10.3. The van der Waals surface area contributed by atoms with Crippen LogP contribution < -0.4 is 10.3 Å². The number of nitrogens with one attached hydrogen (secondary N) is 1. The fraction of sp³-hybridized carbons (Fsp3) is 0.350. The van der Waals surface area contributed by atoms with Crippen molar-refractivity contribution in [2.45, 2.75) is 45.6 Å². The van der Waals surface area contributed by atoms with Gasteiger partial charge in [-0.05, 0) is 81.6 Å². The summed E-state index contributed by atoms with van der Waals surface area (Å²) in [4.78, 5) is 31.3. The Morgan fingerprint density at radius 1 is 1.22 bits per heavy atom. The molecule has 7 heteroatoms. The lowest BCUT2D eigenvalue weighted by Gasteiger charge is -2.11. The van der Waals surface area contributed by atoms with Crippen molar-refractivity contribution in [1.29, 1.82) is 0 Å². The molecule has 140 valence electrons. The number of H-pyrrole nitrogens is 1. The van der Waals surface area contributed by atoms with E-state index in [4.69, 9.17) is 17.0 Å². The van der Waals surface area contributed by atoms with Gasteiger partial charge >= 0.3 is 0 Å². The van der Waals surface area contributed by atoms with Crippen LogP contribution in [0.15, 0.2) is 29.1 Å². The number of carbonyl (C=O) groups excluding carboxylic acids is 1. The van der Waals surface area contributed by atoms with Crippen LogP contribution in [0.25, 0.3) is 10.2 Å². The van der Waals surface area contributed by atoms with E-state index in [1.807, 2.05) is 13.8 Å². The van der Waals surface area contributed by atoms with Crippen LogP contribution in [0.4, 0.5) is 0 Å². The number of thiophene rings is 1.